The Hall–Kier alpha value is -0.621. The normalized spacial score (nSPS) is 14.4. The van der Waals surface area contributed by atoms with Crippen LogP contribution in [0.3, 0.4) is 0 Å². The van der Waals surface area contributed by atoms with Crippen molar-refractivity contribution in [1.29, 1.82) is 0 Å². The summed E-state index contributed by atoms with van der Waals surface area (Å²) in [5.41, 5.74) is 0. The van der Waals surface area contributed by atoms with E-state index in [2.05, 4.69) is 0 Å². The Morgan fingerprint density at radius 2 is 1.09 bits per heavy atom. The van der Waals surface area contributed by atoms with Crippen molar-refractivity contribution in [2.45, 2.75) is 12.2 Å². The first-order chi connectivity index (χ1) is 4.46. The molecule has 6 nitrogen and oxygen atoms in total. The van der Waals surface area contributed by atoms with E-state index >= 15 is 0 Å². The van der Waals surface area contributed by atoms with Gasteiger partial charge in [-0.15, -0.1) is 0 Å². The van der Waals surface area contributed by atoms with E-state index < -0.39 is 24.1 Å². The molecule has 0 aliphatic carbocycles. The molecule has 7 heteroatoms. The van der Waals surface area contributed by atoms with Crippen molar-refractivity contribution < 1.29 is 47.1 Å². The van der Waals surface area contributed by atoms with Crippen molar-refractivity contribution in [3.05, 3.63) is 0 Å². The molecule has 0 fully saturated rings. The molecule has 0 amide bonds. The molecule has 2 unspecified atom stereocenters. The number of aliphatic hydroxyl groups is 2. The second kappa shape index (κ2) is 5.09. The van der Waals surface area contributed by atoms with Crippen molar-refractivity contribution in [1.82, 2.24) is 0 Å². The summed E-state index contributed by atoms with van der Waals surface area (Å²) in [6.45, 7) is 0. The van der Waals surface area contributed by atoms with E-state index in [1.807, 2.05) is 0 Å². The van der Waals surface area contributed by atoms with Gasteiger partial charge >= 0.3 is 29.0 Å². The number of rotatable bonds is 3. The summed E-state index contributed by atoms with van der Waals surface area (Å²) in [6, 6.07) is 0. The maximum absolute atomic E-state index is 9.77. The third kappa shape index (κ3) is 3.94. The second-order valence-corrected chi connectivity index (χ2v) is 1.57. The number of hydrogen-bond acceptors (Lipinski definition) is 4. The van der Waals surface area contributed by atoms with Crippen molar-refractivity contribution >= 4 is 11.9 Å². The van der Waals surface area contributed by atoms with Gasteiger partial charge < -0.3 is 20.4 Å². The average molecular weight is 214 g/mol. The first-order valence-electron chi connectivity index (χ1n) is 2.28. The van der Waals surface area contributed by atoms with Gasteiger partial charge in [-0.05, 0) is 0 Å². The molecule has 2 atom stereocenters. The maximum atomic E-state index is 9.77. The molecule has 0 rings (SSSR count). The molecule has 0 saturated heterocycles. The molecule has 0 aromatic rings. The van der Waals surface area contributed by atoms with Crippen LogP contribution in [0.15, 0.2) is 0 Å². The summed E-state index contributed by atoms with van der Waals surface area (Å²) >= 11 is 0. The van der Waals surface area contributed by atoms with E-state index in [1.54, 1.807) is 0 Å². The average Bonchev–Trinajstić information content (AvgIpc) is 1.84. The van der Waals surface area contributed by atoms with E-state index in [0.717, 1.165) is 0 Å². The van der Waals surface area contributed by atoms with Crippen LogP contribution in [0.5, 0.6) is 0 Å². The predicted molar refractivity (Wildman–Crippen MR) is 27.3 cm³/mol. The smallest absolute Gasteiger partial charge is 0.479 e. The summed E-state index contributed by atoms with van der Waals surface area (Å²) in [4.78, 5) is 19.5. The van der Waals surface area contributed by atoms with Gasteiger partial charge in [-0.1, -0.05) is 0 Å². The Bertz CT molecular complexity index is 139. The molecule has 4 N–H and O–H groups in total. The van der Waals surface area contributed by atoms with Gasteiger partial charge in [-0.3, -0.25) is 0 Å². The maximum Gasteiger partial charge on any atom is 2.00 e. The van der Waals surface area contributed by atoms with Crippen LogP contribution in [0, 0.1) is 0 Å². The molecule has 0 spiro atoms. The fourth-order valence-electron chi connectivity index (χ4n) is 0.270. The molecule has 0 aromatic carbocycles. The van der Waals surface area contributed by atoms with Crippen molar-refractivity contribution in [2.24, 2.45) is 0 Å². The van der Waals surface area contributed by atoms with Gasteiger partial charge in [0.2, 0.25) is 0 Å². The quantitative estimate of drug-likeness (QED) is 0.399. The molecule has 0 aliphatic rings. The van der Waals surface area contributed by atoms with Gasteiger partial charge in [0.15, 0.2) is 12.2 Å². The summed E-state index contributed by atoms with van der Waals surface area (Å²) in [6.07, 6.45) is -4.53. The van der Waals surface area contributed by atoms with Crippen LogP contribution in [0.4, 0.5) is 0 Å². The van der Waals surface area contributed by atoms with E-state index in [-0.39, 0.29) is 17.1 Å². The number of carbonyl (C=O) groups is 2. The number of aliphatic carboxylic acids is 2. The standard InChI is InChI=1S/C4H6O6.Cu/c5-1(3(7)8)2(6)4(9)10;/h1-2,5-6H,(H,7,8)(H,9,10);/q;+2. The van der Waals surface area contributed by atoms with Gasteiger partial charge in [0.25, 0.3) is 0 Å². The first kappa shape index (κ1) is 13.0. The fourth-order valence-corrected chi connectivity index (χ4v) is 0.270. The molecule has 11 heavy (non-hydrogen) atoms. The van der Waals surface area contributed by atoms with Crippen LogP contribution in [0.1, 0.15) is 0 Å². The van der Waals surface area contributed by atoms with Crippen molar-refractivity contribution in [2.75, 3.05) is 0 Å². The molecule has 67 valence electrons. The fraction of sp³-hybridized carbons (Fsp3) is 0.500. The predicted octanol–water partition coefficient (Wildman–Crippen LogP) is -2.13. The van der Waals surface area contributed by atoms with Gasteiger partial charge in [-0.2, -0.15) is 0 Å². The van der Waals surface area contributed by atoms with Crippen molar-refractivity contribution in [3.8, 4) is 0 Å². The zero-order valence-electron chi connectivity index (χ0n) is 5.06. The molecular weight excluding hydrogens is 208 g/mol. The molecule has 0 aliphatic heterocycles. The Morgan fingerprint density at radius 3 is 1.18 bits per heavy atom. The van der Waals surface area contributed by atoms with Crippen LogP contribution >= 0.6 is 0 Å². The number of carboxylic acids is 2. The number of aliphatic hydroxyl groups excluding tert-OH is 2. The molecule has 1 radical (unpaired) electrons. The topological polar surface area (TPSA) is 115 Å². The second-order valence-electron chi connectivity index (χ2n) is 1.57. The van der Waals surface area contributed by atoms with Gasteiger partial charge in [0.1, 0.15) is 0 Å². The monoisotopic (exact) mass is 213 g/mol. The van der Waals surface area contributed by atoms with Crippen LogP contribution in [-0.2, 0) is 26.7 Å². The third-order valence-electron chi connectivity index (χ3n) is 0.805. The van der Waals surface area contributed by atoms with E-state index in [9.17, 15) is 9.59 Å². The minimum Gasteiger partial charge on any atom is -0.479 e. The molecule has 0 heterocycles. The van der Waals surface area contributed by atoms with Gasteiger partial charge in [0, 0.05) is 0 Å². The Labute approximate surface area is 71.9 Å². The Balaban J connectivity index is 0. The van der Waals surface area contributed by atoms with Gasteiger partial charge in [-0.25, -0.2) is 9.59 Å². The van der Waals surface area contributed by atoms with Crippen LogP contribution < -0.4 is 0 Å². The summed E-state index contributed by atoms with van der Waals surface area (Å²) in [7, 11) is 0. The SMILES string of the molecule is O=C(O)C(O)C(O)C(=O)O.[Cu+2]. The van der Waals surface area contributed by atoms with Crippen LogP contribution in [0.2, 0.25) is 0 Å². The number of hydrogen-bond donors (Lipinski definition) is 4. The van der Waals surface area contributed by atoms with Crippen LogP contribution in [-0.4, -0.2) is 44.6 Å². The minimum absolute atomic E-state index is 0. The zero-order valence-corrected chi connectivity index (χ0v) is 6.00. The third-order valence-corrected chi connectivity index (χ3v) is 0.805. The van der Waals surface area contributed by atoms with E-state index in [4.69, 9.17) is 20.4 Å². The summed E-state index contributed by atoms with van der Waals surface area (Å²) < 4.78 is 0. The minimum atomic E-state index is -2.27. The van der Waals surface area contributed by atoms with E-state index in [1.165, 1.54) is 0 Å². The summed E-state index contributed by atoms with van der Waals surface area (Å²) in [5.74, 6) is -3.54. The zero-order chi connectivity index (χ0) is 8.31. The number of carboxylic acid groups (broad SMARTS) is 2. The molecule has 0 bridgehead atoms. The first-order valence-corrected chi connectivity index (χ1v) is 2.28. The summed E-state index contributed by atoms with van der Waals surface area (Å²) in [5, 5.41) is 32.5. The van der Waals surface area contributed by atoms with E-state index in [0.29, 0.717) is 0 Å². The molecule has 0 saturated carbocycles. The van der Waals surface area contributed by atoms with Crippen molar-refractivity contribution in [3.63, 3.8) is 0 Å². The largest absolute Gasteiger partial charge is 2.00 e. The molecular formula is C4H6CuO6+2. The molecule has 0 aromatic heterocycles. The van der Waals surface area contributed by atoms with Gasteiger partial charge in [0.05, 0.1) is 0 Å². The Morgan fingerprint density at radius 1 is 0.909 bits per heavy atom. The Kier molecular flexibility index (Phi) is 6.01. The van der Waals surface area contributed by atoms with Crippen LogP contribution in [0.25, 0.3) is 0 Å².